The molecule has 0 unspecified atom stereocenters. The van der Waals surface area contributed by atoms with Crippen molar-refractivity contribution in [2.75, 3.05) is 19.0 Å². The second-order valence-electron chi connectivity index (χ2n) is 4.03. The third-order valence-corrected chi connectivity index (χ3v) is 2.79. The van der Waals surface area contributed by atoms with Crippen LogP contribution in [0.3, 0.4) is 0 Å². The van der Waals surface area contributed by atoms with Gasteiger partial charge in [-0.15, -0.1) is 11.6 Å². The van der Waals surface area contributed by atoms with Crippen molar-refractivity contribution < 1.29 is 5.32 Å². The average molecular weight is 221 g/mol. The molecule has 0 aromatic carbocycles. The van der Waals surface area contributed by atoms with E-state index in [4.69, 9.17) is 11.6 Å². The molecule has 1 nitrogen and oxygen atoms in total. The molecular weight excluding hydrogens is 194 g/mol. The maximum Gasteiger partial charge on any atom is 0.0893 e. The first-order valence-electron chi connectivity index (χ1n) is 6.29. The highest BCUT2D eigenvalue weighted by Crippen LogP contribution is 2.07. The van der Waals surface area contributed by atoms with Gasteiger partial charge in [0.1, 0.15) is 0 Å². The molecule has 0 heterocycles. The van der Waals surface area contributed by atoms with Crippen molar-refractivity contribution in [3.05, 3.63) is 0 Å². The molecule has 0 fully saturated rings. The topological polar surface area (TPSA) is 16.6 Å². The fourth-order valence-corrected chi connectivity index (χ4v) is 1.80. The largest absolute Gasteiger partial charge is 0.345 e. The van der Waals surface area contributed by atoms with Crippen molar-refractivity contribution in [2.45, 2.75) is 58.3 Å². The first kappa shape index (κ1) is 14.2. The molecule has 0 aliphatic carbocycles. The molecule has 0 saturated carbocycles. The average Bonchev–Trinajstić information content (AvgIpc) is 2.21. The maximum absolute atomic E-state index is 5.58. The van der Waals surface area contributed by atoms with Crippen LogP contribution in [0.5, 0.6) is 0 Å². The number of rotatable bonds is 11. The highest BCUT2D eigenvalue weighted by molar-refractivity contribution is 6.17. The molecular formula is C12H27ClN+. The monoisotopic (exact) mass is 220 g/mol. The molecule has 0 aliphatic heterocycles. The van der Waals surface area contributed by atoms with Crippen molar-refractivity contribution in [1.82, 2.24) is 0 Å². The van der Waals surface area contributed by atoms with E-state index in [1.165, 1.54) is 57.9 Å². The van der Waals surface area contributed by atoms with Crippen molar-refractivity contribution in [1.29, 1.82) is 0 Å². The smallest absolute Gasteiger partial charge is 0.0893 e. The molecule has 0 saturated heterocycles. The van der Waals surface area contributed by atoms with E-state index in [0.717, 1.165) is 12.4 Å². The van der Waals surface area contributed by atoms with Gasteiger partial charge in [-0.05, 0) is 12.8 Å². The predicted molar refractivity (Wildman–Crippen MR) is 65.0 cm³/mol. The first-order valence-corrected chi connectivity index (χ1v) is 6.83. The normalized spacial score (nSPS) is 10.7. The number of alkyl halides is 1. The molecule has 2 heteroatoms. The fraction of sp³-hybridized carbons (Fsp3) is 1.00. The quantitative estimate of drug-likeness (QED) is 0.407. The molecule has 0 aromatic heterocycles. The minimum Gasteiger partial charge on any atom is -0.345 e. The molecule has 0 atom stereocenters. The number of halogens is 1. The van der Waals surface area contributed by atoms with Gasteiger partial charge in [0, 0.05) is 0 Å². The summed E-state index contributed by atoms with van der Waals surface area (Å²) in [6.45, 7) is 4.62. The van der Waals surface area contributed by atoms with E-state index in [1.54, 1.807) is 0 Å². The number of unbranched alkanes of at least 4 members (excludes halogenated alkanes) is 7. The standard InChI is InChI=1S/C12H26ClN/c1-2-3-4-5-6-7-8-9-11-14-12-10-13/h14H,2-12H2,1H3/p+1. The van der Waals surface area contributed by atoms with Crippen molar-refractivity contribution in [2.24, 2.45) is 0 Å². The Hall–Kier alpha value is 0.250. The number of nitrogens with two attached hydrogens (primary N) is 1. The van der Waals surface area contributed by atoms with Gasteiger partial charge < -0.3 is 5.32 Å². The molecule has 2 N–H and O–H groups in total. The zero-order chi connectivity index (χ0) is 10.5. The Balaban J connectivity index is 2.78. The van der Waals surface area contributed by atoms with Gasteiger partial charge in [-0.2, -0.15) is 0 Å². The van der Waals surface area contributed by atoms with Crippen molar-refractivity contribution >= 4 is 11.6 Å². The minimum absolute atomic E-state index is 0.789. The van der Waals surface area contributed by atoms with Gasteiger partial charge in [-0.25, -0.2) is 0 Å². The Kier molecular flexibility index (Phi) is 13.5. The van der Waals surface area contributed by atoms with Crippen LogP contribution < -0.4 is 5.32 Å². The number of hydrogen-bond donors (Lipinski definition) is 1. The maximum atomic E-state index is 5.58. The van der Waals surface area contributed by atoms with E-state index < -0.39 is 0 Å². The Morgan fingerprint density at radius 1 is 0.786 bits per heavy atom. The third kappa shape index (κ3) is 12.2. The van der Waals surface area contributed by atoms with Gasteiger partial charge in [-0.3, -0.25) is 0 Å². The molecule has 0 aromatic rings. The predicted octanol–water partition coefficient (Wildman–Crippen LogP) is 2.93. The van der Waals surface area contributed by atoms with Crippen molar-refractivity contribution in [3.63, 3.8) is 0 Å². The van der Waals surface area contributed by atoms with Gasteiger partial charge in [0.15, 0.2) is 0 Å². The lowest BCUT2D eigenvalue weighted by atomic mass is 10.1. The van der Waals surface area contributed by atoms with E-state index in [-0.39, 0.29) is 0 Å². The molecule has 0 bridgehead atoms. The molecule has 0 radical (unpaired) electrons. The van der Waals surface area contributed by atoms with Crippen LogP contribution in [-0.2, 0) is 0 Å². The summed E-state index contributed by atoms with van der Waals surface area (Å²) in [6.07, 6.45) is 11.3. The van der Waals surface area contributed by atoms with E-state index in [0.29, 0.717) is 0 Å². The van der Waals surface area contributed by atoms with Gasteiger partial charge >= 0.3 is 0 Å². The molecule has 86 valence electrons. The molecule has 0 rings (SSSR count). The molecule has 0 aliphatic rings. The van der Waals surface area contributed by atoms with E-state index >= 15 is 0 Å². The van der Waals surface area contributed by atoms with E-state index in [1.807, 2.05) is 0 Å². The number of quaternary nitrogens is 1. The van der Waals surface area contributed by atoms with Gasteiger partial charge in [0.25, 0.3) is 0 Å². The fourth-order valence-electron chi connectivity index (χ4n) is 1.64. The SMILES string of the molecule is CCCCCCCCCC[NH2+]CCCl. The Morgan fingerprint density at radius 3 is 1.93 bits per heavy atom. The van der Waals surface area contributed by atoms with Gasteiger partial charge in [-0.1, -0.05) is 45.4 Å². The van der Waals surface area contributed by atoms with Crippen LogP contribution in [0.15, 0.2) is 0 Å². The lowest BCUT2D eigenvalue weighted by molar-refractivity contribution is -0.651. The Morgan fingerprint density at radius 2 is 1.36 bits per heavy atom. The summed E-state index contributed by atoms with van der Waals surface area (Å²) in [6, 6.07) is 0. The summed E-state index contributed by atoms with van der Waals surface area (Å²) in [4.78, 5) is 0. The summed E-state index contributed by atoms with van der Waals surface area (Å²) in [5.74, 6) is 0.789. The van der Waals surface area contributed by atoms with Crippen LogP contribution in [0, 0.1) is 0 Å². The molecule has 0 spiro atoms. The van der Waals surface area contributed by atoms with Crippen LogP contribution in [0.1, 0.15) is 58.3 Å². The van der Waals surface area contributed by atoms with E-state index in [9.17, 15) is 0 Å². The highest BCUT2D eigenvalue weighted by Gasteiger charge is 1.92. The van der Waals surface area contributed by atoms with Crippen LogP contribution in [0.25, 0.3) is 0 Å². The van der Waals surface area contributed by atoms with Crippen LogP contribution in [0.4, 0.5) is 0 Å². The summed E-state index contributed by atoms with van der Waals surface area (Å²) in [5, 5.41) is 2.32. The Bertz CT molecular complexity index is 84.3. The summed E-state index contributed by atoms with van der Waals surface area (Å²) in [5.41, 5.74) is 0. The lowest BCUT2D eigenvalue weighted by Crippen LogP contribution is -2.84. The van der Waals surface area contributed by atoms with Crippen LogP contribution in [-0.4, -0.2) is 19.0 Å². The highest BCUT2D eigenvalue weighted by atomic mass is 35.5. The van der Waals surface area contributed by atoms with Crippen molar-refractivity contribution in [3.8, 4) is 0 Å². The van der Waals surface area contributed by atoms with Gasteiger partial charge in [0.2, 0.25) is 0 Å². The third-order valence-electron chi connectivity index (χ3n) is 2.58. The van der Waals surface area contributed by atoms with Crippen LogP contribution >= 0.6 is 11.6 Å². The zero-order valence-corrected chi connectivity index (χ0v) is 10.5. The minimum atomic E-state index is 0.789. The Labute approximate surface area is 94.6 Å². The van der Waals surface area contributed by atoms with Crippen LogP contribution in [0.2, 0.25) is 0 Å². The second-order valence-corrected chi connectivity index (χ2v) is 4.41. The first-order chi connectivity index (χ1) is 6.91. The molecule has 14 heavy (non-hydrogen) atoms. The summed E-state index contributed by atoms with van der Waals surface area (Å²) < 4.78 is 0. The lowest BCUT2D eigenvalue weighted by Gasteiger charge is -2.01. The van der Waals surface area contributed by atoms with Gasteiger partial charge in [0.05, 0.1) is 19.0 Å². The zero-order valence-electron chi connectivity index (χ0n) is 9.73. The summed E-state index contributed by atoms with van der Waals surface area (Å²) >= 11 is 5.58. The van der Waals surface area contributed by atoms with E-state index in [2.05, 4.69) is 12.2 Å². The number of hydrogen-bond acceptors (Lipinski definition) is 0. The summed E-state index contributed by atoms with van der Waals surface area (Å²) in [7, 11) is 0. The second kappa shape index (κ2) is 13.2. The molecule has 0 amide bonds.